The van der Waals surface area contributed by atoms with Crippen LogP contribution in [0.4, 0.5) is 4.79 Å². The highest BCUT2D eigenvalue weighted by molar-refractivity contribution is 5.79. The third-order valence-corrected chi connectivity index (χ3v) is 8.71. The molecule has 1 amide bonds. The fourth-order valence-electron chi connectivity index (χ4n) is 5.78. The van der Waals surface area contributed by atoms with Gasteiger partial charge in [-0.05, 0) is 29.2 Å². The van der Waals surface area contributed by atoms with Gasteiger partial charge in [0.2, 0.25) is 0 Å². The van der Waals surface area contributed by atoms with Gasteiger partial charge in [0, 0.05) is 12.5 Å². The van der Waals surface area contributed by atoms with Crippen LogP contribution in [-0.2, 0) is 71.1 Å². The molecular weight excluding hydrogens is 798 g/mol. The zero-order chi connectivity index (χ0) is 43.1. The molecule has 3 rings (SSSR count). The van der Waals surface area contributed by atoms with Crippen molar-refractivity contribution in [1.82, 2.24) is 5.32 Å². The van der Waals surface area contributed by atoms with Crippen molar-refractivity contribution in [2.75, 3.05) is 178 Å². The van der Waals surface area contributed by atoms with Crippen LogP contribution in [0.3, 0.4) is 0 Å². The van der Waals surface area contributed by atoms with Crippen LogP contribution in [0.25, 0.3) is 11.1 Å². The Balaban J connectivity index is 0.919. The normalized spacial score (nSPS) is 12.1. The largest absolute Gasteiger partial charge is 0.466 e. The van der Waals surface area contributed by atoms with Crippen LogP contribution < -0.4 is 5.32 Å². The monoisotopic (exact) mass is 867 g/mol. The first kappa shape index (κ1) is 52.0. The molecule has 0 fully saturated rings. The number of amides is 1. The van der Waals surface area contributed by atoms with E-state index in [1.54, 1.807) is 6.92 Å². The van der Waals surface area contributed by atoms with E-state index in [1.807, 2.05) is 24.3 Å². The van der Waals surface area contributed by atoms with Crippen LogP contribution in [-0.4, -0.2) is 190 Å². The molecule has 0 saturated heterocycles. The quantitative estimate of drug-likeness (QED) is 0.0755. The Morgan fingerprint density at radius 3 is 1.08 bits per heavy atom. The van der Waals surface area contributed by atoms with Crippen molar-refractivity contribution in [2.24, 2.45) is 0 Å². The van der Waals surface area contributed by atoms with Crippen molar-refractivity contribution in [2.45, 2.75) is 19.3 Å². The lowest BCUT2D eigenvalue weighted by atomic mass is 9.98. The third-order valence-electron chi connectivity index (χ3n) is 8.71. The maximum Gasteiger partial charge on any atom is 0.407 e. The summed E-state index contributed by atoms with van der Waals surface area (Å²) in [6, 6.07) is 16.5. The van der Waals surface area contributed by atoms with Crippen LogP contribution in [0, 0.1) is 0 Å². The van der Waals surface area contributed by atoms with E-state index in [2.05, 4.69) is 29.6 Å². The van der Waals surface area contributed by atoms with Gasteiger partial charge in [-0.2, -0.15) is 0 Å². The van der Waals surface area contributed by atoms with Crippen LogP contribution in [0.5, 0.6) is 0 Å². The van der Waals surface area contributed by atoms with Crippen LogP contribution in [0.1, 0.15) is 30.4 Å². The molecule has 17 nitrogen and oxygen atoms in total. The van der Waals surface area contributed by atoms with E-state index in [4.69, 9.17) is 66.3 Å². The second-order valence-electron chi connectivity index (χ2n) is 13.2. The maximum atomic E-state index is 12.3. The average molecular weight is 868 g/mol. The third kappa shape index (κ3) is 26.1. The Labute approximate surface area is 361 Å². The Kier molecular flexibility index (Phi) is 31.8. The molecule has 0 aliphatic heterocycles. The molecule has 0 saturated carbocycles. The summed E-state index contributed by atoms with van der Waals surface area (Å²) in [7, 11) is 0. The van der Waals surface area contributed by atoms with Crippen molar-refractivity contribution < 1.29 is 75.9 Å². The lowest BCUT2D eigenvalue weighted by molar-refractivity contribution is -0.144. The number of hydrogen-bond acceptors (Lipinski definition) is 16. The molecule has 0 heterocycles. The summed E-state index contributed by atoms with van der Waals surface area (Å²) in [6.45, 7) is 13.8. The van der Waals surface area contributed by atoms with E-state index in [0.29, 0.717) is 172 Å². The van der Waals surface area contributed by atoms with E-state index >= 15 is 0 Å². The van der Waals surface area contributed by atoms with Crippen LogP contribution in [0.2, 0.25) is 0 Å². The minimum Gasteiger partial charge on any atom is -0.466 e. The molecule has 0 bridgehead atoms. The summed E-state index contributed by atoms with van der Waals surface area (Å²) in [5, 5.41) is 2.74. The van der Waals surface area contributed by atoms with Crippen molar-refractivity contribution in [1.29, 1.82) is 0 Å². The van der Waals surface area contributed by atoms with Gasteiger partial charge in [0.1, 0.15) is 6.61 Å². The fourth-order valence-corrected chi connectivity index (χ4v) is 5.78. The van der Waals surface area contributed by atoms with Crippen LogP contribution in [0.15, 0.2) is 48.5 Å². The van der Waals surface area contributed by atoms with E-state index in [1.165, 1.54) is 22.3 Å². The summed E-state index contributed by atoms with van der Waals surface area (Å²) in [5.74, 6) is -0.224. The number of alkyl carbamates (subject to hydrolysis) is 1. The average Bonchev–Trinajstić information content (AvgIpc) is 3.59. The van der Waals surface area contributed by atoms with Gasteiger partial charge in [-0.25, -0.2) is 4.79 Å². The summed E-state index contributed by atoms with van der Waals surface area (Å²) >= 11 is 0. The highest BCUT2D eigenvalue weighted by atomic mass is 16.6. The van der Waals surface area contributed by atoms with E-state index in [0.717, 1.165) is 0 Å². The van der Waals surface area contributed by atoms with Crippen LogP contribution >= 0.6 is 0 Å². The first-order valence-corrected chi connectivity index (χ1v) is 21.4. The number of ether oxygens (including phenoxy) is 14. The van der Waals surface area contributed by atoms with Crippen molar-refractivity contribution >= 4 is 12.1 Å². The van der Waals surface area contributed by atoms with Crippen molar-refractivity contribution in [3.8, 4) is 11.1 Å². The number of nitrogens with one attached hydrogen (secondary N) is 1. The molecule has 1 N–H and O–H groups in total. The summed E-state index contributed by atoms with van der Waals surface area (Å²) in [6.07, 6.45) is -0.207. The molecular formula is C44H69NO16. The van der Waals surface area contributed by atoms with Gasteiger partial charge in [0.15, 0.2) is 0 Å². The molecule has 1 aliphatic rings. The van der Waals surface area contributed by atoms with Gasteiger partial charge in [-0.15, -0.1) is 0 Å². The predicted molar refractivity (Wildman–Crippen MR) is 224 cm³/mol. The minimum absolute atomic E-state index is 0.0319. The number of carbonyl (C=O) groups excluding carboxylic acids is 2. The molecule has 0 radical (unpaired) electrons. The van der Waals surface area contributed by atoms with E-state index in [9.17, 15) is 9.59 Å². The van der Waals surface area contributed by atoms with E-state index in [-0.39, 0.29) is 24.9 Å². The van der Waals surface area contributed by atoms with Gasteiger partial charge in [0.25, 0.3) is 0 Å². The molecule has 0 unspecified atom stereocenters. The number of hydrogen-bond donors (Lipinski definition) is 1. The highest BCUT2D eigenvalue weighted by Crippen LogP contribution is 2.44. The predicted octanol–water partition coefficient (Wildman–Crippen LogP) is 3.68. The first-order chi connectivity index (χ1) is 30.2. The number of fused-ring (bicyclic) bond motifs is 3. The lowest BCUT2D eigenvalue weighted by Crippen LogP contribution is -2.29. The Hall–Kier alpha value is -3.30. The molecule has 61 heavy (non-hydrogen) atoms. The summed E-state index contributed by atoms with van der Waals surface area (Å²) < 4.78 is 76.1. The second-order valence-corrected chi connectivity index (χ2v) is 13.2. The molecule has 2 aromatic rings. The Morgan fingerprint density at radius 2 is 0.738 bits per heavy atom. The van der Waals surface area contributed by atoms with Crippen molar-refractivity contribution in [3.05, 3.63) is 59.7 Å². The molecule has 17 heteroatoms. The standard InChI is InChI=1S/C44H69NO16/c1-2-60-43(46)11-13-48-15-17-50-19-21-52-23-25-54-27-29-56-31-33-58-35-36-59-34-32-57-30-28-55-26-24-53-22-20-51-18-16-49-14-12-45-44(47)61-37-42-40-9-5-3-7-38(40)39-8-4-6-10-41(39)42/h3-10,42H,2,11-37H2,1H3,(H,45,47). The summed E-state index contributed by atoms with van der Waals surface area (Å²) in [4.78, 5) is 23.4. The highest BCUT2D eigenvalue weighted by Gasteiger charge is 2.29. The number of benzene rings is 2. The number of esters is 1. The first-order valence-electron chi connectivity index (χ1n) is 21.4. The fraction of sp³-hybridized carbons (Fsp3) is 0.682. The second kappa shape index (κ2) is 37.3. The van der Waals surface area contributed by atoms with E-state index < -0.39 is 6.09 Å². The van der Waals surface area contributed by atoms with Gasteiger partial charge >= 0.3 is 12.1 Å². The SMILES string of the molecule is CCOC(=O)CCOCCOCCOCCOCCOCCOCCOCCOCCOCCOCCOCCOCCNC(=O)OCC1c2ccccc2-c2ccccc21. The maximum absolute atomic E-state index is 12.3. The zero-order valence-corrected chi connectivity index (χ0v) is 36.0. The Morgan fingerprint density at radius 1 is 0.426 bits per heavy atom. The van der Waals surface area contributed by atoms with Gasteiger partial charge in [-0.1, -0.05) is 48.5 Å². The lowest BCUT2D eigenvalue weighted by Gasteiger charge is -2.14. The van der Waals surface area contributed by atoms with Gasteiger partial charge in [0.05, 0.1) is 172 Å². The van der Waals surface area contributed by atoms with Crippen molar-refractivity contribution in [3.63, 3.8) is 0 Å². The Bertz CT molecular complexity index is 1320. The summed E-state index contributed by atoms with van der Waals surface area (Å²) in [5.41, 5.74) is 4.76. The topological polar surface area (TPSA) is 175 Å². The molecule has 0 spiro atoms. The molecule has 0 atom stereocenters. The minimum atomic E-state index is -0.457. The molecule has 0 aromatic heterocycles. The zero-order valence-electron chi connectivity index (χ0n) is 36.0. The molecule has 1 aliphatic carbocycles. The smallest absolute Gasteiger partial charge is 0.407 e. The number of carbonyl (C=O) groups is 2. The number of rotatable bonds is 42. The molecule has 346 valence electrons. The molecule has 2 aromatic carbocycles. The van der Waals surface area contributed by atoms with Gasteiger partial charge < -0.3 is 71.6 Å². The van der Waals surface area contributed by atoms with Gasteiger partial charge in [-0.3, -0.25) is 4.79 Å².